The van der Waals surface area contributed by atoms with Gasteiger partial charge >= 0.3 is 0 Å². The second kappa shape index (κ2) is 6.07. The Labute approximate surface area is 128 Å². The molecule has 1 aromatic carbocycles. The lowest BCUT2D eigenvalue weighted by atomic mass is 9.87. The Morgan fingerprint density at radius 3 is 2.81 bits per heavy atom. The maximum atomic E-state index is 12.9. The van der Waals surface area contributed by atoms with E-state index in [1.807, 2.05) is 19.1 Å². The molecule has 1 aliphatic heterocycles. The highest BCUT2D eigenvalue weighted by Gasteiger charge is 2.38. The second-order valence-electron chi connectivity index (χ2n) is 5.90. The number of benzene rings is 1. The van der Waals surface area contributed by atoms with Crippen LogP contribution in [0.5, 0.6) is 5.75 Å². The molecule has 2 aliphatic rings. The average molecular weight is 309 g/mol. The third-order valence-corrected chi connectivity index (χ3v) is 7.06. The van der Waals surface area contributed by atoms with Crippen molar-refractivity contribution >= 4 is 10.8 Å². The summed E-state index contributed by atoms with van der Waals surface area (Å²) < 4.78 is 23.8. The van der Waals surface area contributed by atoms with Gasteiger partial charge < -0.3 is 15.2 Å². The molecule has 1 aliphatic carbocycles. The summed E-state index contributed by atoms with van der Waals surface area (Å²) >= 11 is 0. The molecule has 0 radical (unpaired) electrons. The number of hydrogen-bond donors (Lipinski definition) is 1. The van der Waals surface area contributed by atoms with Gasteiger partial charge in [0.15, 0.2) is 0 Å². The van der Waals surface area contributed by atoms with Gasteiger partial charge in [-0.25, -0.2) is 0 Å². The highest BCUT2D eigenvalue weighted by Crippen LogP contribution is 2.36. The standard InChI is InChI=1S/C16H23NO3S/c1-10-14(7-8-20-10)21(18)15-6-4-11-3-5-12(19-2)9-13(11)16(15)17/h3,5,9-10,14-16H,4,6-8,17H2,1-2H3. The van der Waals surface area contributed by atoms with E-state index in [1.54, 1.807) is 7.11 Å². The average Bonchev–Trinajstić information content (AvgIpc) is 2.93. The van der Waals surface area contributed by atoms with E-state index in [9.17, 15) is 4.21 Å². The van der Waals surface area contributed by atoms with Crippen molar-refractivity contribution in [2.24, 2.45) is 5.73 Å². The number of hydrogen-bond acceptors (Lipinski definition) is 4. The van der Waals surface area contributed by atoms with E-state index in [4.69, 9.17) is 15.2 Å². The van der Waals surface area contributed by atoms with E-state index in [0.717, 1.165) is 30.6 Å². The fourth-order valence-electron chi connectivity index (χ4n) is 3.42. The van der Waals surface area contributed by atoms with Gasteiger partial charge in [0, 0.05) is 23.4 Å². The molecule has 0 bridgehead atoms. The van der Waals surface area contributed by atoms with Crippen LogP contribution in [0.4, 0.5) is 0 Å². The maximum Gasteiger partial charge on any atom is 0.119 e. The highest BCUT2D eigenvalue weighted by molar-refractivity contribution is 7.86. The molecule has 1 fully saturated rings. The molecule has 5 heteroatoms. The van der Waals surface area contributed by atoms with Gasteiger partial charge in [-0.15, -0.1) is 0 Å². The van der Waals surface area contributed by atoms with E-state index in [-0.39, 0.29) is 22.6 Å². The zero-order valence-corrected chi connectivity index (χ0v) is 13.4. The number of ether oxygens (including phenoxy) is 2. The monoisotopic (exact) mass is 309 g/mol. The van der Waals surface area contributed by atoms with Crippen LogP contribution in [0, 0.1) is 0 Å². The van der Waals surface area contributed by atoms with Gasteiger partial charge in [-0.3, -0.25) is 4.21 Å². The Bertz CT molecular complexity index is 548. The Balaban J connectivity index is 1.84. The summed E-state index contributed by atoms with van der Waals surface area (Å²) in [6, 6.07) is 5.86. The van der Waals surface area contributed by atoms with Crippen LogP contribution in [0.15, 0.2) is 18.2 Å². The van der Waals surface area contributed by atoms with Crippen LogP contribution in [0.2, 0.25) is 0 Å². The lowest BCUT2D eigenvalue weighted by Crippen LogP contribution is -2.40. The smallest absolute Gasteiger partial charge is 0.119 e. The van der Waals surface area contributed by atoms with Gasteiger partial charge in [-0.2, -0.15) is 0 Å². The van der Waals surface area contributed by atoms with Crippen LogP contribution in [0.3, 0.4) is 0 Å². The molecule has 0 spiro atoms. The van der Waals surface area contributed by atoms with Gasteiger partial charge in [0.2, 0.25) is 0 Å². The summed E-state index contributed by atoms with van der Waals surface area (Å²) in [6.45, 7) is 2.73. The molecular weight excluding hydrogens is 286 g/mol. The van der Waals surface area contributed by atoms with Crippen LogP contribution in [0.25, 0.3) is 0 Å². The first-order valence-electron chi connectivity index (χ1n) is 7.55. The fraction of sp³-hybridized carbons (Fsp3) is 0.625. The highest BCUT2D eigenvalue weighted by atomic mass is 32.2. The van der Waals surface area contributed by atoms with Crippen molar-refractivity contribution in [2.75, 3.05) is 13.7 Å². The molecule has 5 unspecified atom stereocenters. The molecule has 0 amide bonds. The van der Waals surface area contributed by atoms with Gasteiger partial charge in [0.1, 0.15) is 5.75 Å². The molecule has 0 aromatic heterocycles. The topological polar surface area (TPSA) is 61.5 Å². The minimum absolute atomic E-state index is 0.0127. The maximum absolute atomic E-state index is 12.9. The van der Waals surface area contributed by atoms with E-state index in [0.29, 0.717) is 6.61 Å². The van der Waals surface area contributed by atoms with Crippen molar-refractivity contribution < 1.29 is 13.7 Å². The number of rotatable bonds is 3. The SMILES string of the molecule is COc1ccc2c(c1)C(N)C(S(=O)C1CCOC1C)CC2. The predicted octanol–water partition coefficient (Wildman–Crippen LogP) is 1.94. The van der Waals surface area contributed by atoms with E-state index < -0.39 is 10.8 Å². The van der Waals surface area contributed by atoms with Crippen molar-refractivity contribution in [3.05, 3.63) is 29.3 Å². The van der Waals surface area contributed by atoms with Gasteiger partial charge in [0.25, 0.3) is 0 Å². The Morgan fingerprint density at radius 2 is 2.14 bits per heavy atom. The van der Waals surface area contributed by atoms with Gasteiger partial charge in [-0.1, -0.05) is 6.07 Å². The summed E-state index contributed by atoms with van der Waals surface area (Å²) in [6.07, 6.45) is 2.77. The minimum Gasteiger partial charge on any atom is -0.497 e. The van der Waals surface area contributed by atoms with Crippen molar-refractivity contribution in [3.8, 4) is 5.75 Å². The number of fused-ring (bicyclic) bond motifs is 1. The van der Waals surface area contributed by atoms with E-state index in [1.165, 1.54) is 5.56 Å². The Morgan fingerprint density at radius 1 is 1.33 bits per heavy atom. The van der Waals surface area contributed by atoms with Crippen LogP contribution in [0.1, 0.15) is 36.9 Å². The van der Waals surface area contributed by atoms with Crippen LogP contribution >= 0.6 is 0 Å². The first-order chi connectivity index (χ1) is 10.1. The Hall–Kier alpha value is -0.910. The summed E-state index contributed by atoms with van der Waals surface area (Å²) in [5.74, 6) is 0.813. The molecule has 2 N–H and O–H groups in total. The predicted molar refractivity (Wildman–Crippen MR) is 84.0 cm³/mol. The first kappa shape index (κ1) is 15.0. The molecule has 1 saturated heterocycles. The molecule has 21 heavy (non-hydrogen) atoms. The largest absolute Gasteiger partial charge is 0.497 e. The molecule has 1 aromatic rings. The van der Waals surface area contributed by atoms with Crippen LogP contribution < -0.4 is 10.5 Å². The number of nitrogens with two attached hydrogens (primary N) is 1. The molecule has 3 rings (SSSR count). The lowest BCUT2D eigenvalue weighted by Gasteiger charge is -2.32. The van der Waals surface area contributed by atoms with Crippen molar-refractivity contribution in [3.63, 3.8) is 0 Å². The molecule has 5 atom stereocenters. The third-order valence-electron chi connectivity index (χ3n) is 4.71. The van der Waals surface area contributed by atoms with Crippen molar-refractivity contribution in [2.45, 2.75) is 48.8 Å². The fourth-order valence-corrected chi connectivity index (χ4v) is 5.44. The number of aryl methyl sites for hydroxylation is 1. The molecule has 0 saturated carbocycles. The van der Waals surface area contributed by atoms with Gasteiger partial charge in [0.05, 0.1) is 23.7 Å². The Kier molecular flexibility index (Phi) is 4.33. The zero-order valence-electron chi connectivity index (χ0n) is 12.6. The van der Waals surface area contributed by atoms with Crippen LogP contribution in [-0.4, -0.2) is 34.5 Å². The molecule has 4 nitrogen and oxygen atoms in total. The quantitative estimate of drug-likeness (QED) is 0.927. The summed E-state index contributed by atoms with van der Waals surface area (Å²) in [7, 11) is 0.707. The normalized spacial score (nSPS) is 33.5. The third kappa shape index (κ3) is 2.74. The number of methoxy groups -OCH3 is 1. The van der Waals surface area contributed by atoms with Gasteiger partial charge in [-0.05, 0) is 49.4 Å². The van der Waals surface area contributed by atoms with Crippen LogP contribution in [-0.2, 0) is 22.0 Å². The van der Waals surface area contributed by atoms with Crippen molar-refractivity contribution in [1.82, 2.24) is 0 Å². The molecule has 1 heterocycles. The minimum atomic E-state index is -0.949. The summed E-state index contributed by atoms with van der Waals surface area (Å²) in [5, 5.41) is 0.131. The molecule has 116 valence electrons. The summed E-state index contributed by atoms with van der Waals surface area (Å²) in [4.78, 5) is 0. The zero-order chi connectivity index (χ0) is 15.0. The van der Waals surface area contributed by atoms with Crippen molar-refractivity contribution in [1.29, 1.82) is 0 Å². The molecular formula is C16H23NO3S. The second-order valence-corrected chi connectivity index (χ2v) is 7.77. The van der Waals surface area contributed by atoms with E-state index >= 15 is 0 Å². The lowest BCUT2D eigenvalue weighted by molar-refractivity contribution is 0.126. The summed E-state index contributed by atoms with van der Waals surface area (Å²) in [5.41, 5.74) is 8.78. The first-order valence-corrected chi connectivity index (χ1v) is 8.83. The van der Waals surface area contributed by atoms with E-state index in [2.05, 4.69) is 6.07 Å².